The van der Waals surface area contributed by atoms with Crippen LogP contribution in [0.1, 0.15) is 59.6 Å². The third-order valence-corrected chi connectivity index (χ3v) is 6.29. The molecule has 2 aromatic rings. The third kappa shape index (κ3) is 6.40. The van der Waals surface area contributed by atoms with Gasteiger partial charge in [-0.2, -0.15) is 4.39 Å². The van der Waals surface area contributed by atoms with Crippen LogP contribution in [-0.4, -0.2) is 32.0 Å². The van der Waals surface area contributed by atoms with E-state index in [0.717, 1.165) is 0 Å². The molecular formula is C23H31F2N3O3S. The highest BCUT2D eigenvalue weighted by atomic mass is 32.2. The van der Waals surface area contributed by atoms with Gasteiger partial charge in [0.2, 0.25) is 5.95 Å². The zero-order valence-corrected chi connectivity index (χ0v) is 20.3. The Morgan fingerprint density at radius 1 is 1.06 bits per heavy atom. The topological polar surface area (TPSA) is 86.3 Å². The van der Waals surface area contributed by atoms with Crippen molar-refractivity contribution in [2.24, 2.45) is 0 Å². The van der Waals surface area contributed by atoms with Crippen LogP contribution >= 0.6 is 0 Å². The van der Waals surface area contributed by atoms with Crippen LogP contribution in [0.5, 0.6) is 0 Å². The van der Waals surface area contributed by atoms with Gasteiger partial charge in [-0.15, -0.1) is 4.72 Å². The number of ether oxygens (including phenoxy) is 1. The standard InChI is InChI=1S/C23H31F2N3O3S/c1-15(27-20(29)31-21(2,3)4)23(28-32(30)22(5,6)7,16-8-10-18(24)11-9-16)17-12-13-26-19(25)14-17/h8-15,28H,1-7H3,(H,27,29)/t15-,23?,32?/m0/s1. The summed E-state index contributed by atoms with van der Waals surface area (Å²) in [6, 6.07) is 7.49. The van der Waals surface area contributed by atoms with Crippen molar-refractivity contribution < 1.29 is 22.9 Å². The quantitative estimate of drug-likeness (QED) is 0.480. The Labute approximate surface area is 191 Å². The van der Waals surface area contributed by atoms with Gasteiger partial charge in [0.05, 0.1) is 6.04 Å². The maximum Gasteiger partial charge on any atom is 0.407 e. The number of halogens is 2. The molecule has 2 unspecified atom stereocenters. The Morgan fingerprint density at radius 3 is 2.16 bits per heavy atom. The molecule has 0 aliphatic heterocycles. The van der Waals surface area contributed by atoms with Gasteiger partial charge in [-0.3, -0.25) is 0 Å². The van der Waals surface area contributed by atoms with Crippen molar-refractivity contribution in [3.8, 4) is 0 Å². The van der Waals surface area contributed by atoms with Crippen molar-refractivity contribution in [1.82, 2.24) is 15.0 Å². The summed E-state index contributed by atoms with van der Waals surface area (Å²) in [5.41, 5.74) is -1.30. The fourth-order valence-corrected chi connectivity index (χ4v) is 4.14. The molecule has 0 bridgehead atoms. The lowest BCUT2D eigenvalue weighted by Crippen LogP contribution is -2.62. The van der Waals surface area contributed by atoms with Gasteiger partial charge in [-0.25, -0.2) is 14.2 Å². The van der Waals surface area contributed by atoms with Crippen molar-refractivity contribution in [3.63, 3.8) is 0 Å². The highest BCUT2D eigenvalue weighted by molar-refractivity contribution is 7.90. The Hall–Kier alpha value is -2.23. The summed E-state index contributed by atoms with van der Waals surface area (Å²) in [7, 11) is 0. The lowest BCUT2D eigenvalue weighted by molar-refractivity contribution is 0.0486. The van der Waals surface area contributed by atoms with Crippen LogP contribution in [0.4, 0.5) is 13.6 Å². The van der Waals surface area contributed by atoms with Crippen molar-refractivity contribution >= 4 is 17.5 Å². The van der Waals surface area contributed by atoms with Crippen molar-refractivity contribution in [3.05, 3.63) is 65.5 Å². The lowest BCUT2D eigenvalue weighted by atomic mass is 9.78. The Kier molecular flexibility index (Phi) is 7.91. The zero-order chi connectivity index (χ0) is 24.3. The molecule has 1 aromatic carbocycles. The number of carbonyl (C=O) groups excluding carboxylic acids is 1. The minimum absolute atomic E-state index is 0.359. The normalized spacial score (nSPS) is 16.1. The van der Waals surface area contributed by atoms with Crippen LogP contribution in [0.3, 0.4) is 0 Å². The molecule has 3 atom stereocenters. The molecule has 176 valence electrons. The smallest absolute Gasteiger partial charge is 0.407 e. The molecule has 0 saturated carbocycles. The Balaban J connectivity index is 2.69. The molecule has 0 radical (unpaired) electrons. The minimum atomic E-state index is -1.65. The summed E-state index contributed by atoms with van der Waals surface area (Å²) < 4.78 is 49.0. The van der Waals surface area contributed by atoms with Crippen molar-refractivity contribution in [2.45, 2.75) is 70.4 Å². The van der Waals surface area contributed by atoms with Gasteiger partial charge in [0, 0.05) is 17.6 Å². The Morgan fingerprint density at radius 2 is 1.66 bits per heavy atom. The SMILES string of the molecule is C[C@H](NC(=O)OC(C)(C)C)C(N[S+]([O-])C(C)(C)C)(c1ccc(F)cc1)c1ccnc(F)c1. The molecule has 32 heavy (non-hydrogen) atoms. The summed E-state index contributed by atoms with van der Waals surface area (Å²) in [6.45, 7) is 12.2. The minimum Gasteiger partial charge on any atom is -0.598 e. The second-order valence-corrected chi connectivity index (χ2v) is 11.5. The van der Waals surface area contributed by atoms with Crippen LogP contribution < -0.4 is 10.0 Å². The number of nitrogens with one attached hydrogen (secondary N) is 2. The predicted octanol–water partition coefficient (Wildman–Crippen LogP) is 4.57. The molecule has 0 aliphatic rings. The molecule has 1 aromatic heterocycles. The molecular weight excluding hydrogens is 436 g/mol. The number of amides is 1. The van der Waals surface area contributed by atoms with Crippen LogP contribution in [0.2, 0.25) is 0 Å². The van der Waals surface area contributed by atoms with Crippen molar-refractivity contribution in [1.29, 1.82) is 0 Å². The average molecular weight is 468 g/mol. The maximum atomic E-state index is 14.2. The number of pyridine rings is 1. The van der Waals surface area contributed by atoms with E-state index in [0.29, 0.717) is 11.1 Å². The number of benzene rings is 1. The monoisotopic (exact) mass is 467 g/mol. The van der Waals surface area contributed by atoms with Crippen LogP contribution in [0, 0.1) is 11.8 Å². The van der Waals surface area contributed by atoms with E-state index >= 15 is 0 Å². The predicted molar refractivity (Wildman–Crippen MR) is 121 cm³/mol. The summed E-state index contributed by atoms with van der Waals surface area (Å²) in [4.78, 5) is 16.2. The van der Waals surface area contributed by atoms with E-state index in [4.69, 9.17) is 4.74 Å². The fourth-order valence-electron chi connectivity index (χ4n) is 3.13. The number of hydrogen-bond donors (Lipinski definition) is 2. The number of alkyl carbamates (subject to hydrolysis) is 1. The molecule has 1 heterocycles. The van der Waals surface area contributed by atoms with Gasteiger partial charge in [-0.1, -0.05) is 12.1 Å². The number of carbonyl (C=O) groups is 1. The third-order valence-electron chi connectivity index (χ3n) is 4.67. The second-order valence-electron chi connectivity index (χ2n) is 9.53. The van der Waals surface area contributed by atoms with Crippen LogP contribution in [0.25, 0.3) is 0 Å². The van der Waals surface area contributed by atoms with Gasteiger partial charge in [-0.05, 0) is 83.9 Å². The first-order chi connectivity index (χ1) is 14.6. The van der Waals surface area contributed by atoms with Crippen molar-refractivity contribution in [2.75, 3.05) is 0 Å². The van der Waals surface area contributed by atoms with Crippen LogP contribution in [-0.2, 0) is 21.6 Å². The molecule has 2 N–H and O–H groups in total. The second kappa shape index (κ2) is 9.72. The van der Waals surface area contributed by atoms with Gasteiger partial charge in [0.1, 0.15) is 21.7 Å². The van der Waals surface area contributed by atoms with E-state index in [1.807, 2.05) is 0 Å². The van der Waals surface area contributed by atoms with E-state index in [-0.39, 0.29) is 0 Å². The molecule has 1 amide bonds. The number of hydrogen-bond acceptors (Lipinski definition) is 5. The van der Waals surface area contributed by atoms with Crippen LogP contribution in [0.15, 0.2) is 42.6 Å². The summed E-state index contributed by atoms with van der Waals surface area (Å²) in [5, 5.41) is 2.77. The molecule has 0 saturated heterocycles. The number of aromatic nitrogens is 1. The highest BCUT2D eigenvalue weighted by Gasteiger charge is 2.47. The first kappa shape index (κ1) is 26.0. The zero-order valence-electron chi connectivity index (χ0n) is 19.5. The molecule has 2 rings (SSSR count). The van der Waals surface area contributed by atoms with E-state index in [9.17, 15) is 18.1 Å². The first-order valence-corrected chi connectivity index (χ1v) is 11.4. The lowest BCUT2D eigenvalue weighted by Gasteiger charge is -2.42. The fraction of sp³-hybridized carbons (Fsp3) is 0.478. The number of rotatable bonds is 6. The van der Waals surface area contributed by atoms with E-state index in [1.165, 1.54) is 36.5 Å². The Bertz CT molecular complexity index is 929. The molecule has 0 spiro atoms. The maximum absolute atomic E-state index is 14.2. The molecule has 0 aliphatic carbocycles. The van der Waals surface area contributed by atoms with Gasteiger partial charge >= 0.3 is 6.09 Å². The molecule has 6 nitrogen and oxygen atoms in total. The first-order valence-electron chi connectivity index (χ1n) is 10.2. The largest absolute Gasteiger partial charge is 0.598 e. The van der Waals surface area contributed by atoms with E-state index < -0.39 is 51.1 Å². The highest BCUT2D eigenvalue weighted by Crippen LogP contribution is 2.36. The number of nitrogens with zero attached hydrogens (tertiary/aromatic N) is 1. The summed E-state index contributed by atoms with van der Waals surface area (Å²) in [5.74, 6) is -1.21. The van der Waals surface area contributed by atoms with Gasteiger partial charge in [0.15, 0.2) is 0 Å². The van der Waals surface area contributed by atoms with E-state index in [2.05, 4.69) is 15.0 Å². The molecule has 9 heteroatoms. The average Bonchev–Trinajstić information content (AvgIpc) is 2.64. The van der Waals surface area contributed by atoms with E-state index in [1.54, 1.807) is 54.5 Å². The molecule has 0 fully saturated rings. The van der Waals surface area contributed by atoms with Gasteiger partial charge in [0.25, 0.3) is 0 Å². The van der Waals surface area contributed by atoms with Gasteiger partial charge < -0.3 is 14.6 Å². The summed E-state index contributed by atoms with van der Waals surface area (Å²) >= 11 is -1.65. The summed E-state index contributed by atoms with van der Waals surface area (Å²) in [6.07, 6.45) is 0.583.